The predicted molar refractivity (Wildman–Crippen MR) is 108 cm³/mol. The van der Waals surface area contributed by atoms with Gasteiger partial charge in [0.1, 0.15) is 0 Å². The molecule has 2 aromatic rings. The third-order valence-corrected chi connectivity index (χ3v) is 4.45. The van der Waals surface area contributed by atoms with E-state index in [1.807, 2.05) is 50.2 Å². The summed E-state index contributed by atoms with van der Waals surface area (Å²) >= 11 is 3.38. The minimum Gasteiger partial charge on any atom is -0.336 e. The molecule has 0 unspecified atom stereocenters. The van der Waals surface area contributed by atoms with Crippen LogP contribution in [0.5, 0.6) is 0 Å². The van der Waals surface area contributed by atoms with Gasteiger partial charge in [-0.3, -0.25) is 4.79 Å². The standard InChI is InChI=1S/C20H24BrN3O2/c1-14-12-17(21)10-11-18(14)24-19(25)13-22-20(26)23-15(2)8-9-16-6-4-3-5-7-16/h3-7,10-12,15H,8-9,13H2,1-2H3,(H,24,25)(H2,22,23,26)/t15-/m1/s1. The van der Waals surface area contributed by atoms with Crippen molar-refractivity contribution in [3.63, 3.8) is 0 Å². The Kier molecular flexibility index (Phi) is 7.66. The summed E-state index contributed by atoms with van der Waals surface area (Å²) < 4.78 is 0.954. The second kappa shape index (κ2) is 9.97. The van der Waals surface area contributed by atoms with Gasteiger partial charge in [-0.2, -0.15) is 0 Å². The molecule has 0 saturated carbocycles. The first kappa shape index (κ1) is 20.0. The van der Waals surface area contributed by atoms with Crippen molar-refractivity contribution < 1.29 is 9.59 Å². The number of amides is 3. The van der Waals surface area contributed by atoms with Gasteiger partial charge in [-0.05, 0) is 56.0 Å². The number of rotatable bonds is 7. The van der Waals surface area contributed by atoms with Crippen LogP contribution in [-0.2, 0) is 11.2 Å². The molecule has 0 heterocycles. The quantitative estimate of drug-likeness (QED) is 0.636. The number of carbonyl (C=O) groups is 2. The molecule has 0 aromatic heterocycles. The van der Waals surface area contributed by atoms with E-state index in [-0.39, 0.29) is 24.5 Å². The summed E-state index contributed by atoms with van der Waals surface area (Å²) in [6, 6.07) is 15.4. The maximum atomic E-state index is 12.0. The van der Waals surface area contributed by atoms with Crippen LogP contribution in [0.1, 0.15) is 24.5 Å². The Morgan fingerprint density at radius 3 is 2.54 bits per heavy atom. The molecule has 0 aliphatic rings. The maximum Gasteiger partial charge on any atom is 0.315 e. The van der Waals surface area contributed by atoms with Crippen molar-refractivity contribution in [2.24, 2.45) is 0 Å². The van der Waals surface area contributed by atoms with Gasteiger partial charge in [0.15, 0.2) is 0 Å². The fraction of sp³-hybridized carbons (Fsp3) is 0.300. The van der Waals surface area contributed by atoms with Crippen LogP contribution >= 0.6 is 15.9 Å². The molecule has 0 radical (unpaired) electrons. The number of carbonyl (C=O) groups excluding carboxylic acids is 2. The number of nitrogens with one attached hydrogen (secondary N) is 3. The van der Waals surface area contributed by atoms with E-state index >= 15 is 0 Å². The van der Waals surface area contributed by atoms with Gasteiger partial charge in [-0.25, -0.2) is 4.79 Å². The third-order valence-electron chi connectivity index (χ3n) is 3.96. The summed E-state index contributed by atoms with van der Waals surface area (Å²) in [6.07, 6.45) is 1.73. The number of halogens is 1. The molecular weight excluding hydrogens is 394 g/mol. The van der Waals surface area contributed by atoms with Gasteiger partial charge >= 0.3 is 6.03 Å². The van der Waals surface area contributed by atoms with Crippen molar-refractivity contribution in [2.75, 3.05) is 11.9 Å². The molecule has 138 valence electrons. The highest BCUT2D eigenvalue weighted by atomic mass is 79.9. The van der Waals surface area contributed by atoms with E-state index < -0.39 is 0 Å². The zero-order chi connectivity index (χ0) is 18.9. The van der Waals surface area contributed by atoms with Crippen molar-refractivity contribution in [3.8, 4) is 0 Å². The maximum absolute atomic E-state index is 12.0. The van der Waals surface area contributed by atoms with Gasteiger partial charge in [-0.1, -0.05) is 46.3 Å². The molecule has 0 saturated heterocycles. The van der Waals surface area contributed by atoms with E-state index in [1.54, 1.807) is 0 Å². The highest BCUT2D eigenvalue weighted by Gasteiger charge is 2.10. The van der Waals surface area contributed by atoms with Crippen LogP contribution < -0.4 is 16.0 Å². The number of urea groups is 1. The van der Waals surface area contributed by atoms with Gasteiger partial charge in [-0.15, -0.1) is 0 Å². The molecule has 0 aliphatic carbocycles. The molecule has 26 heavy (non-hydrogen) atoms. The molecule has 0 aliphatic heterocycles. The van der Waals surface area contributed by atoms with Crippen LogP contribution in [0.2, 0.25) is 0 Å². The Balaban J connectivity index is 1.69. The first-order valence-corrected chi connectivity index (χ1v) is 9.37. The molecule has 0 spiro atoms. The van der Waals surface area contributed by atoms with Gasteiger partial charge in [0, 0.05) is 16.2 Å². The van der Waals surface area contributed by atoms with Gasteiger partial charge in [0.05, 0.1) is 6.54 Å². The van der Waals surface area contributed by atoms with Crippen LogP contribution in [0.4, 0.5) is 10.5 Å². The zero-order valence-electron chi connectivity index (χ0n) is 15.0. The number of aryl methyl sites for hydroxylation is 2. The molecular formula is C20H24BrN3O2. The zero-order valence-corrected chi connectivity index (χ0v) is 16.6. The molecule has 1 atom stereocenters. The lowest BCUT2D eigenvalue weighted by atomic mass is 10.1. The lowest BCUT2D eigenvalue weighted by Crippen LogP contribution is -2.43. The van der Waals surface area contributed by atoms with Gasteiger partial charge in [0.25, 0.3) is 0 Å². The molecule has 5 nitrogen and oxygen atoms in total. The van der Waals surface area contributed by atoms with Crippen LogP contribution in [0.25, 0.3) is 0 Å². The summed E-state index contributed by atoms with van der Waals surface area (Å²) in [7, 11) is 0. The van der Waals surface area contributed by atoms with Crippen LogP contribution in [0, 0.1) is 6.92 Å². The fourth-order valence-corrected chi connectivity index (χ4v) is 2.97. The van der Waals surface area contributed by atoms with E-state index in [2.05, 4.69) is 44.0 Å². The summed E-state index contributed by atoms with van der Waals surface area (Å²) in [5.74, 6) is -0.262. The Hall–Kier alpha value is -2.34. The van der Waals surface area contributed by atoms with Gasteiger partial charge < -0.3 is 16.0 Å². The fourth-order valence-electron chi connectivity index (χ4n) is 2.50. The average molecular weight is 418 g/mol. The molecule has 6 heteroatoms. The molecule has 0 fully saturated rings. The largest absolute Gasteiger partial charge is 0.336 e. The Labute approximate surface area is 162 Å². The Morgan fingerprint density at radius 2 is 1.85 bits per heavy atom. The minimum absolute atomic E-state index is 0.0204. The smallest absolute Gasteiger partial charge is 0.315 e. The number of anilines is 1. The summed E-state index contributed by atoms with van der Waals surface area (Å²) in [6.45, 7) is 3.79. The lowest BCUT2D eigenvalue weighted by molar-refractivity contribution is -0.115. The van der Waals surface area contributed by atoms with Crippen LogP contribution in [0.3, 0.4) is 0 Å². The van der Waals surface area contributed by atoms with E-state index in [1.165, 1.54) is 5.56 Å². The SMILES string of the molecule is Cc1cc(Br)ccc1NC(=O)CNC(=O)N[C@H](C)CCc1ccccc1. The van der Waals surface area contributed by atoms with Gasteiger partial charge in [0.2, 0.25) is 5.91 Å². The number of hydrogen-bond acceptors (Lipinski definition) is 2. The van der Waals surface area contributed by atoms with E-state index in [0.717, 1.165) is 28.6 Å². The number of hydrogen-bond donors (Lipinski definition) is 3. The van der Waals surface area contributed by atoms with Crippen LogP contribution in [0.15, 0.2) is 53.0 Å². The Bertz CT molecular complexity index is 750. The van der Waals surface area contributed by atoms with Crippen LogP contribution in [-0.4, -0.2) is 24.5 Å². The molecule has 2 aromatic carbocycles. The minimum atomic E-state index is -0.340. The highest BCUT2D eigenvalue weighted by Crippen LogP contribution is 2.19. The van der Waals surface area contributed by atoms with E-state index in [9.17, 15) is 9.59 Å². The normalized spacial score (nSPS) is 11.5. The molecule has 0 bridgehead atoms. The summed E-state index contributed by atoms with van der Waals surface area (Å²) in [5.41, 5.74) is 2.93. The van der Waals surface area contributed by atoms with Crippen molar-refractivity contribution in [1.82, 2.24) is 10.6 Å². The summed E-state index contributed by atoms with van der Waals surface area (Å²) in [5, 5.41) is 8.23. The predicted octanol–water partition coefficient (Wildman–Crippen LogP) is 4.02. The van der Waals surface area contributed by atoms with E-state index in [0.29, 0.717) is 0 Å². The van der Waals surface area contributed by atoms with E-state index in [4.69, 9.17) is 0 Å². The summed E-state index contributed by atoms with van der Waals surface area (Å²) in [4.78, 5) is 23.9. The second-order valence-corrected chi connectivity index (χ2v) is 7.18. The lowest BCUT2D eigenvalue weighted by Gasteiger charge is -2.15. The van der Waals surface area contributed by atoms with Crippen molar-refractivity contribution >= 4 is 33.6 Å². The Morgan fingerprint density at radius 1 is 1.12 bits per heavy atom. The molecule has 3 amide bonds. The first-order valence-electron chi connectivity index (χ1n) is 8.58. The average Bonchev–Trinajstić information content (AvgIpc) is 2.61. The third kappa shape index (κ3) is 6.88. The first-order chi connectivity index (χ1) is 12.4. The molecule has 3 N–H and O–H groups in total. The monoisotopic (exact) mass is 417 g/mol. The van der Waals surface area contributed by atoms with Crippen molar-refractivity contribution in [2.45, 2.75) is 32.7 Å². The second-order valence-electron chi connectivity index (χ2n) is 6.26. The van der Waals surface area contributed by atoms with Crippen molar-refractivity contribution in [3.05, 3.63) is 64.1 Å². The topological polar surface area (TPSA) is 70.2 Å². The van der Waals surface area contributed by atoms with Crippen molar-refractivity contribution in [1.29, 1.82) is 0 Å². The highest BCUT2D eigenvalue weighted by molar-refractivity contribution is 9.10. The number of benzene rings is 2. The molecule has 2 rings (SSSR count).